The van der Waals surface area contributed by atoms with Crippen LogP contribution in [0.2, 0.25) is 0 Å². The van der Waals surface area contributed by atoms with E-state index in [1.54, 1.807) is 18.2 Å². The van der Waals surface area contributed by atoms with Crippen LogP contribution in [0.3, 0.4) is 0 Å². The topological polar surface area (TPSA) is 79.4 Å². The molecule has 9 heteroatoms. The molecule has 1 saturated heterocycles. The minimum atomic E-state index is -3.50. The van der Waals surface area contributed by atoms with Crippen molar-refractivity contribution in [1.29, 1.82) is 0 Å². The van der Waals surface area contributed by atoms with Gasteiger partial charge in [0.05, 0.1) is 11.9 Å². The van der Waals surface area contributed by atoms with E-state index in [4.69, 9.17) is 9.47 Å². The van der Waals surface area contributed by atoms with Crippen LogP contribution in [0, 0.1) is 0 Å². The van der Waals surface area contributed by atoms with E-state index in [2.05, 4.69) is 17.0 Å². The number of anilines is 2. The first-order valence-electron chi connectivity index (χ1n) is 10.9. The molecule has 172 valence electrons. The van der Waals surface area contributed by atoms with Gasteiger partial charge in [-0.05, 0) is 30.7 Å². The number of carbonyl (C=O) groups excluding carboxylic acids is 1. The Morgan fingerprint density at radius 3 is 2.34 bits per heavy atom. The summed E-state index contributed by atoms with van der Waals surface area (Å²) in [4.78, 5) is 16.8. The molecule has 2 aromatic rings. The summed E-state index contributed by atoms with van der Waals surface area (Å²) in [6.07, 6.45) is 1.93. The molecule has 4 rings (SSSR count). The lowest BCUT2D eigenvalue weighted by molar-refractivity contribution is -0.131. The number of piperazine rings is 1. The van der Waals surface area contributed by atoms with Crippen LogP contribution in [0.5, 0.6) is 11.5 Å². The van der Waals surface area contributed by atoms with E-state index in [1.165, 1.54) is 16.2 Å². The van der Waals surface area contributed by atoms with Crippen LogP contribution in [0.4, 0.5) is 11.4 Å². The zero-order valence-electron chi connectivity index (χ0n) is 18.3. The molecule has 8 nitrogen and oxygen atoms in total. The lowest BCUT2D eigenvalue weighted by Crippen LogP contribution is -2.48. The molecule has 0 saturated carbocycles. The van der Waals surface area contributed by atoms with Gasteiger partial charge in [0.2, 0.25) is 15.9 Å². The average Bonchev–Trinajstić information content (AvgIpc) is 2.81. The van der Waals surface area contributed by atoms with Crippen molar-refractivity contribution in [2.75, 3.05) is 61.4 Å². The number of nitrogens with zero attached hydrogens (tertiary/aromatic N) is 3. The predicted octanol–water partition coefficient (Wildman–Crippen LogP) is 2.35. The van der Waals surface area contributed by atoms with E-state index in [1.807, 2.05) is 23.1 Å². The van der Waals surface area contributed by atoms with Crippen molar-refractivity contribution in [1.82, 2.24) is 4.90 Å². The summed E-state index contributed by atoms with van der Waals surface area (Å²) in [6.45, 7) is 4.07. The van der Waals surface area contributed by atoms with Crippen molar-refractivity contribution in [3.8, 4) is 11.5 Å². The molecular formula is C23H29N3O5S. The average molecular weight is 460 g/mol. The summed E-state index contributed by atoms with van der Waals surface area (Å²) in [5.74, 6) is 1.21. The van der Waals surface area contributed by atoms with Gasteiger partial charge in [0, 0.05) is 50.9 Å². The summed E-state index contributed by atoms with van der Waals surface area (Å²) < 4.78 is 37.2. The van der Waals surface area contributed by atoms with Gasteiger partial charge >= 0.3 is 0 Å². The van der Waals surface area contributed by atoms with Crippen LogP contribution in [-0.4, -0.2) is 71.4 Å². The Morgan fingerprint density at radius 2 is 1.66 bits per heavy atom. The van der Waals surface area contributed by atoms with Crippen molar-refractivity contribution in [3.05, 3.63) is 48.5 Å². The minimum absolute atomic E-state index is 0.0633. The van der Waals surface area contributed by atoms with Crippen LogP contribution >= 0.6 is 0 Å². The van der Waals surface area contributed by atoms with Gasteiger partial charge < -0.3 is 19.3 Å². The molecule has 0 radical (unpaired) electrons. The number of benzene rings is 2. The number of amides is 1. The van der Waals surface area contributed by atoms with Gasteiger partial charge in [-0.1, -0.05) is 18.2 Å². The maximum absolute atomic E-state index is 12.7. The first-order valence-corrected chi connectivity index (χ1v) is 12.7. The number of para-hydroxylation sites is 1. The summed E-state index contributed by atoms with van der Waals surface area (Å²) in [5.41, 5.74) is 1.68. The molecule has 32 heavy (non-hydrogen) atoms. The number of ether oxygens (including phenoxy) is 2. The Hall–Kier alpha value is -2.94. The molecule has 2 aromatic carbocycles. The Morgan fingerprint density at radius 1 is 0.969 bits per heavy atom. The van der Waals surface area contributed by atoms with E-state index in [-0.39, 0.29) is 12.5 Å². The highest BCUT2D eigenvalue weighted by atomic mass is 32.2. The van der Waals surface area contributed by atoms with Crippen molar-refractivity contribution >= 4 is 27.3 Å². The van der Waals surface area contributed by atoms with Gasteiger partial charge in [-0.15, -0.1) is 0 Å². The third-order valence-corrected chi connectivity index (χ3v) is 6.91. The first kappa shape index (κ1) is 22.3. The third-order valence-electron chi connectivity index (χ3n) is 5.72. The van der Waals surface area contributed by atoms with Crippen LogP contribution < -0.4 is 18.7 Å². The van der Waals surface area contributed by atoms with Crippen LogP contribution in [-0.2, 0) is 14.8 Å². The number of sulfonamides is 1. The highest BCUT2D eigenvalue weighted by Crippen LogP contribution is 2.34. The molecule has 0 N–H and O–H groups in total. The van der Waals surface area contributed by atoms with Crippen LogP contribution in [0.1, 0.15) is 12.8 Å². The van der Waals surface area contributed by atoms with Gasteiger partial charge in [-0.2, -0.15) is 0 Å². The maximum atomic E-state index is 12.7. The zero-order chi connectivity index (χ0) is 22.6. The minimum Gasteiger partial charge on any atom is -0.486 e. The molecular weight excluding hydrogens is 430 g/mol. The predicted molar refractivity (Wildman–Crippen MR) is 124 cm³/mol. The zero-order valence-corrected chi connectivity index (χ0v) is 19.1. The Balaban J connectivity index is 1.31. The van der Waals surface area contributed by atoms with Crippen molar-refractivity contribution < 1.29 is 22.7 Å². The standard InChI is InChI=1S/C23H29N3O5S/c1-32(28,29)26(20-9-10-21-22(18-20)31-17-16-30-21)11-5-8-23(27)25-14-12-24(13-15-25)19-6-3-2-4-7-19/h2-4,6-7,9-10,18H,5,8,11-17H2,1H3. The van der Waals surface area contributed by atoms with Gasteiger partial charge in [0.1, 0.15) is 13.2 Å². The molecule has 0 aromatic heterocycles. The third kappa shape index (κ3) is 5.27. The van der Waals surface area contributed by atoms with Gasteiger partial charge in [-0.25, -0.2) is 8.42 Å². The normalized spacial score (nSPS) is 16.0. The Labute approximate surface area is 189 Å². The maximum Gasteiger partial charge on any atom is 0.232 e. The number of rotatable bonds is 7. The van der Waals surface area contributed by atoms with Gasteiger partial charge in [0.25, 0.3) is 0 Å². The summed E-state index contributed by atoms with van der Waals surface area (Å²) in [7, 11) is -3.50. The fourth-order valence-electron chi connectivity index (χ4n) is 4.06. The Kier molecular flexibility index (Phi) is 6.74. The molecule has 0 atom stereocenters. The SMILES string of the molecule is CS(=O)(=O)N(CCCC(=O)N1CCN(c2ccccc2)CC1)c1ccc2c(c1)OCCO2. The number of hydrogen-bond acceptors (Lipinski definition) is 6. The fourth-order valence-corrected chi connectivity index (χ4v) is 5.02. The van der Waals surface area contributed by atoms with Gasteiger partial charge in [0.15, 0.2) is 11.5 Å². The van der Waals surface area contributed by atoms with E-state index >= 15 is 0 Å². The Bertz CT molecular complexity index is 1040. The number of carbonyl (C=O) groups is 1. The quantitative estimate of drug-likeness (QED) is 0.633. The number of hydrogen-bond donors (Lipinski definition) is 0. The lowest BCUT2D eigenvalue weighted by Gasteiger charge is -2.36. The summed E-state index contributed by atoms with van der Waals surface area (Å²) >= 11 is 0. The smallest absolute Gasteiger partial charge is 0.232 e. The largest absolute Gasteiger partial charge is 0.486 e. The molecule has 0 unspecified atom stereocenters. The fraction of sp³-hybridized carbons (Fsp3) is 0.435. The second kappa shape index (κ2) is 9.68. The van der Waals surface area contributed by atoms with Crippen LogP contribution in [0.15, 0.2) is 48.5 Å². The van der Waals surface area contributed by atoms with Crippen LogP contribution in [0.25, 0.3) is 0 Å². The lowest BCUT2D eigenvalue weighted by atomic mass is 10.2. The van der Waals surface area contributed by atoms with E-state index in [9.17, 15) is 13.2 Å². The van der Waals surface area contributed by atoms with E-state index in [0.29, 0.717) is 56.3 Å². The molecule has 2 aliphatic heterocycles. The van der Waals surface area contributed by atoms with Gasteiger partial charge in [-0.3, -0.25) is 9.10 Å². The van der Waals surface area contributed by atoms with E-state index < -0.39 is 10.0 Å². The van der Waals surface area contributed by atoms with Crippen molar-refractivity contribution in [3.63, 3.8) is 0 Å². The van der Waals surface area contributed by atoms with Crippen molar-refractivity contribution in [2.24, 2.45) is 0 Å². The number of fused-ring (bicyclic) bond motifs is 1. The highest BCUT2D eigenvalue weighted by molar-refractivity contribution is 7.92. The van der Waals surface area contributed by atoms with Crippen molar-refractivity contribution in [2.45, 2.75) is 12.8 Å². The molecule has 0 bridgehead atoms. The highest BCUT2D eigenvalue weighted by Gasteiger charge is 2.23. The molecule has 2 heterocycles. The molecule has 0 aliphatic carbocycles. The molecule has 1 fully saturated rings. The first-order chi connectivity index (χ1) is 15.4. The second-order valence-corrected chi connectivity index (χ2v) is 9.88. The van der Waals surface area contributed by atoms with E-state index in [0.717, 1.165) is 13.1 Å². The summed E-state index contributed by atoms with van der Waals surface area (Å²) in [5, 5.41) is 0. The summed E-state index contributed by atoms with van der Waals surface area (Å²) in [6, 6.07) is 15.3. The molecule has 1 amide bonds. The monoisotopic (exact) mass is 459 g/mol. The molecule has 0 spiro atoms. The second-order valence-electron chi connectivity index (χ2n) is 7.97. The molecule has 2 aliphatic rings.